The largest absolute Gasteiger partial charge is 0.494 e. The van der Waals surface area contributed by atoms with E-state index in [4.69, 9.17) is 16.3 Å². The molecule has 0 aliphatic heterocycles. The Kier molecular flexibility index (Phi) is 6.03. The van der Waals surface area contributed by atoms with Crippen molar-refractivity contribution in [2.45, 2.75) is 19.3 Å². The van der Waals surface area contributed by atoms with Crippen LogP contribution >= 0.6 is 27.5 Å². The second-order valence-corrected chi connectivity index (χ2v) is 4.37. The molecule has 0 fully saturated rings. The molecule has 1 rings (SSSR count). The summed E-state index contributed by atoms with van der Waals surface area (Å²) in [6.45, 7) is 0.648. The van der Waals surface area contributed by atoms with Crippen LogP contribution in [0.1, 0.15) is 19.3 Å². The van der Waals surface area contributed by atoms with Crippen LogP contribution in [0.5, 0.6) is 5.75 Å². The third kappa shape index (κ3) is 4.85. The van der Waals surface area contributed by atoms with Crippen molar-refractivity contribution >= 4 is 27.5 Å². The van der Waals surface area contributed by atoms with Crippen molar-refractivity contribution in [1.29, 1.82) is 0 Å². The summed E-state index contributed by atoms with van der Waals surface area (Å²) in [5.41, 5.74) is 0. The lowest BCUT2D eigenvalue weighted by Crippen LogP contribution is -1.97. The molecule has 0 atom stereocenters. The molecular weight excluding hydrogens is 282 g/mol. The molecule has 0 spiro atoms. The van der Waals surface area contributed by atoms with E-state index in [1.165, 1.54) is 12.1 Å². The Morgan fingerprint density at radius 1 is 1.27 bits per heavy atom. The van der Waals surface area contributed by atoms with Crippen LogP contribution in [0.25, 0.3) is 0 Å². The van der Waals surface area contributed by atoms with Crippen molar-refractivity contribution in [3.8, 4) is 5.75 Å². The minimum atomic E-state index is -0.414. The zero-order chi connectivity index (χ0) is 11.1. The van der Waals surface area contributed by atoms with E-state index in [0.29, 0.717) is 12.4 Å². The first-order chi connectivity index (χ1) is 7.24. The Balaban J connectivity index is 2.28. The number of rotatable bonds is 6. The summed E-state index contributed by atoms with van der Waals surface area (Å²) in [6.07, 6.45) is 3.27. The molecule has 1 nitrogen and oxygen atoms in total. The molecule has 0 radical (unpaired) electrons. The van der Waals surface area contributed by atoms with Crippen LogP contribution in [0, 0.1) is 5.82 Å². The lowest BCUT2D eigenvalue weighted by Gasteiger charge is -2.06. The number of hydrogen-bond donors (Lipinski definition) is 0. The summed E-state index contributed by atoms with van der Waals surface area (Å²) in [5.74, 6) is 0.212. The number of halogens is 3. The van der Waals surface area contributed by atoms with E-state index < -0.39 is 5.82 Å². The van der Waals surface area contributed by atoms with E-state index in [-0.39, 0.29) is 5.02 Å². The number of benzene rings is 1. The number of unbranched alkanes of at least 4 members (excludes halogenated alkanes) is 2. The van der Waals surface area contributed by atoms with Gasteiger partial charge in [0, 0.05) is 11.4 Å². The Hall–Kier alpha value is -0.280. The minimum absolute atomic E-state index is 0.105. The quantitative estimate of drug-likeness (QED) is 0.557. The van der Waals surface area contributed by atoms with Gasteiger partial charge in [0.25, 0.3) is 0 Å². The fraction of sp³-hybridized carbons (Fsp3) is 0.455. The van der Waals surface area contributed by atoms with Crippen molar-refractivity contribution in [2.24, 2.45) is 0 Å². The zero-order valence-corrected chi connectivity index (χ0v) is 10.7. The molecule has 0 aromatic heterocycles. The summed E-state index contributed by atoms with van der Waals surface area (Å²) >= 11 is 8.98. The zero-order valence-electron chi connectivity index (χ0n) is 8.31. The Labute approximate surface area is 103 Å². The lowest BCUT2D eigenvalue weighted by molar-refractivity contribution is 0.306. The Bertz CT molecular complexity index is 307. The van der Waals surface area contributed by atoms with Crippen molar-refractivity contribution in [3.63, 3.8) is 0 Å². The van der Waals surface area contributed by atoms with Crippen LogP contribution < -0.4 is 4.74 Å². The maximum absolute atomic E-state index is 12.8. The fourth-order valence-electron chi connectivity index (χ4n) is 1.13. The van der Waals surface area contributed by atoms with E-state index in [2.05, 4.69) is 15.9 Å². The average molecular weight is 296 g/mol. The van der Waals surface area contributed by atoms with Gasteiger partial charge in [-0.3, -0.25) is 0 Å². The first-order valence-corrected chi connectivity index (χ1v) is 6.38. The van der Waals surface area contributed by atoms with Crippen LogP contribution in [0.2, 0.25) is 5.02 Å². The van der Waals surface area contributed by atoms with Crippen LogP contribution in [0.15, 0.2) is 18.2 Å². The standard InChI is InChI=1S/C11H13BrClFO/c12-6-2-1-3-7-15-9-4-5-11(14)10(13)8-9/h4-5,8H,1-3,6-7H2. The molecule has 0 aliphatic rings. The van der Waals surface area contributed by atoms with Crippen molar-refractivity contribution in [1.82, 2.24) is 0 Å². The number of alkyl halides is 1. The fourth-order valence-corrected chi connectivity index (χ4v) is 1.70. The van der Waals surface area contributed by atoms with Gasteiger partial charge in [-0.15, -0.1) is 0 Å². The monoisotopic (exact) mass is 294 g/mol. The summed E-state index contributed by atoms with van der Waals surface area (Å²) in [6, 6.07) is 4.41. The van der Waals surface area contributed by atoms with Gasteiger partial charge >= 0.3 is 0 Å². The molecule has 1 aromatic rings. The SMILES string of the molecule is Fc1ccc(OCCCCCBr)cc1Cl. The summed E-state index contributed by atoms with van der Waals surface area (Å²) in [5, 5.41) is 1.13. The van der Waals surface area contributed by atoms with Gasteiger partial charge in [0.2, 0.25) is 0 Å². The molecule has 4 heteroatoms. The molecule has 84 valence electrons. The van der Waals surface area contributed by atoms with Gasteiger partial charge in [-0.05, 0) is 31.4 Å². The molecule has 0 saturated heterocycles. The highest BCUT2D eigenvalue weighted by atomic mass is 79.9. The molecule has 0 aliphatic carbocycles. The normalized spacial score (nSPS) is 10.3. The van der Waals surface area contributed by atoms with E-state index in [0.717, 1.165) is 24.6 Å². The molecule has 15 heavy (non-hydrogen) atoms. The summed E-state index contributed by atoms with van der Waals surface area (Å²) < 4.78 is 18.2. The maximum Gasteiger partial charge on any atom is 0.142 e. The van der Waals surface area contributed by atoms with Gasteiger partial charge in [-0.2, -0.15) is 0 Å². The van der Waals surface area contributed by atoms with Crippen LogP contribution in [0.4, 0.5) is 4.39 Å². The molecular formula is C11H13BrClFO. The predicted molar refractivity (Wildman–Crippen MR) is 64.6 cm³/mol. The van der Waals surface area contributed by atoms with E-state index in [9.17, 15) is 4.39 Å². The first kappa shape index (κ1) is 12.8. The van der Waals surface area contributed by atoms with Crippen molar-refractivity contribution in [2.75, 3.05) is 11.9 Å². The summed E-state index contributed by atoms with van der Waals surface area (Å²) in [4.78, 5) is 0. The molecule has 0 bridgehead atoms. The van der Waals surface area contributed by atoms with Crippen LogP contribution in [-0.2, 0) is 0 Å². The van der Waals surface area contributed by atoms with Crippen LogP contribution in [-0.4, -0.2) is 11.9 Å². The smallest absolute Gasteiger partial charge is 0.142 e. The summed E-state index contributed by atoms with van der Waals surface area (Å²) in [7, 11) is 0. The first-order valence-electron chi connectivity index (χ1n) is 4.88. The Morgan fingerprint density at radius 3 is 2.73 bits per heavy atom. The van der Waals surface area contributed by atoms with Crippen molar-refractivity contribution in [3.05, 3.63) is 29.0 Å². The molecule has 1 aromatic carbocycles. The van der Waals surface area contributed by atoms with Gasteiger partial charge in [-0.1, -0.05) is 27.5 Å². The average Bonchev–Trinajstić information content (AvgIpc) is 2.23. The Morgan fingerprint density at radius 2 is 2.07 bits per heavy atom. The third-order valence-corrected chi connectivity index (χ3v) is 2.79. The molecule has 0 N–H and O–H groups in total. The van der Waals surface area contributed by atoms with E-state index >= 15 is 0 Å². The predicted octanol–water partition coefficient (Wildman–Crippen LogP) is 4.42. The lowest BCUT2D eigenvalue weighted by atomic mass is 10.3. The van der Waals surface area contributed by atoms with Crippen molar-refractivity contribution < 1.29 is 9.13 Å². The second kappa shape index (κ2) is 7.07. The van der Waals surface area contributed by atoms with Gasteiger partial charge in [0.05, 0.1) is 11.6 Å². The van der Waals surface area contributed by atoms with Gasteiger partial charge in [-0.25, -0.2) is 4.39 Å². The molecule has 0 unspecified atom stereocenters. The third-order valence-electron chi connectivity index (χ3n) is 1.94. The minimum Gasteiger partial charge on any atom is -0.494 e. The van der Waals surface area contributed by atoms with Crippen LogP contribution in [0.3, 0.4) is 0 Å². The molecule has 0 amide bonds. The van der Waals surface area contributed by atoms with E-state index in [1.54, 1.807) is 6.07 Å². The highest BCUT2D eigenvalue weighted by Crippen LogP contribution is 2.21. The van der Waals surface area contributed by atoms with E-state index in [1.807, 2.05) is 0 Å². The molecule has 0 saturated carbocycles. The highest BCUT2D eigenvalue weighted by Gasteiger charge is 2.01. The van der Waals surface area contributed by atoms with Gasteiger partial charge in [0.15, 0.2) is 0 Å². The maximum atomic E-state index is 12.8. The molecule has 0 heterocycles. The number of hydrogen-bond acceptors (Lipinski definition) is 1. The second-order valence-electron chi connectivity index (χ2n) is 3.17. The number of ether oxygens (including phenoxy) is 1. The topological polar surface area (TPSA) is 9.23 Å². The van der Waals surface area contributed by atoms with Gasteiger partial charge in [0.1, 0.15) is 11.6 Å². The highest BCUT2D eigenvalue weighted by molar-refractivity contribution is 9.09. The van der Waals surface area contributed by atoms with Gasteiger partial charge < -0.3 is 4.74 Å².